The smallest absolute Gasteiger partial charge is 0.128 e. The minimum Gasteiger partial charge on any atom is -0.314 e. The third-order valence-corrected chi connectivity index (χ3v) is 5.11. The lowest BCUT2D eigenvalue weighted by Gasteiger charge is -2.35. The number of aryl methyl sites for hydroxylation is 1. The Hall–Kier alpha value is -0.650. The van der Waals surface area contributed by atoms with E-state index in [0.29, 0.717) is 0 Å². The zero-order chi connectivity index (χ0) is 14.8. The van der Waals surface area contributed by atoms with Crippen LogP contribution in [0.15, 0.2) is 30.3 Å². The van der Waals surface area contributed by atoms with Crippen molar-refractivity contribution in [2.45, 2.75) is 13.0 Å². The number of hydrogen-bond acceptors (Lipinski definition) is 3. The molecular weight excluding hydrogens is 342 g/mol. The van der Waals surface area contributed by atoms with Gasteiger partial charge in [-0.2, -0.15) is 0 Å². The third-order valence-electron chi connectivity index (χ3n) is 3.83. The van der Waals surface area contributed by atoms with E-state index in [0.717, 1.165) is 46.5 Å². The van der Waals surface area contributed by atoms with E-state index in [9.17, 15) is 4.39 Å². The lowest BCUT2D eigenvalue weighted by atomic mass is 10.0. The Morgan fingerprint density at radius 2 is 1.95 bits per heavy atom. The van der Waals surface area contributed by atoms with Crippen LogP contribution >= 0.6 is 35.3 Å². The Morgan fingerprint density at radius 1 is 1.23 bits per heavy atom. The molecule has 1 fully saturated rings. The van der Waals surface area contributed by atoms with Crippen LogP contribution in [0.2, 0.25) is 4.34 Å². The molecule has 0 spiro atoms. The summed E-state index contributed by atoms with van der Waals surface area (Å²) in [7, 11) is 0. The van der Waals surface area contributed by atoms with E-state index in [1.54, 1.807) is 6.07 Å². The van der Waals surface area contributed by atoms with Crippen LogP contribution in [0.4, 0.5) is 4.39 Å². The second kappa shape index (κ2) is 7.75. The molecule has 2 nitrogen and oxygen atoms in total. The molecule has 1 aromatic heterocycles. The van der Waals surface area contributed by atoms with E-state index in [1.165, 1.54) is 11.3 Å². The van der Waals surface area contributed by atoms with Crippen molar-refractivity contribution in [3.63, 3.8) is 0 Å². The molecule has 3 rings (SSSR count). The summed E-state index contributed by atoms with van der Waals surface area (Å²) < 4.78 is 15.2. The van der Waals surface area contributed by atoms with Gasteiger partial charge in [-0.05, 0) is 30.7 Å². The van der Waals surface area contributed by atoms with Crippen molar-refractivity contribution < 1.29 is 4.39 Å². The highest BCUT2D eigenvalue weighted by atomic mass is 35.5. The largest absolute Gasteiger partial charge is 0.314 e. The van der Waals surface area contributed by atoms with Crippen LogP contribution in [-0.4, -0.2) is 31.1 Å². The summed E-state index contributed by atoms with van der Waals surface area (Å²) in [4.78, 5) is 3.43. The maximum Gasteiger partial charge on any atom is 0.128 e. The van der Waals surface area contributed by atoms with Crippen molar-refractivity contribution in [3.8, 4) is 0 Å². The third kappa shape index (κ3) is 3.81. The molecule has 2 heterocycles. The second-order valence-corrected chi connectivity index (χ2v) is 7.10. The van der Waals surface area contributed by atoms with Crippen LogP contribution in [0.1, 0.15) is 22.0 Å². The van der Waals surface area contributed by atoms with Gasteiger partial charge in [-0.3, -0.25) is 4.90 Å². The van der Waals surface area contributed by atoms with Gasteiger partial charge in [-0.25, -0.2) is 4.39 Å². The van der Waals surface area contributed by atoms with E-state index in [-0.39, 0.29) is 24.3 Å². The Kier molecular flexibility index (Phi) is 6.24. The molecule has 1 aliphatic rings. The zero-order valence-corrected chi connectivity index (χ0v) is 14.7. The first-order valence-corrected chi connectivity index (χ1v) is 8.30. The highest BCUT2D eigenvalue weighted by molar-refractivity contribution is 7.16. The van der Waals surface area contributed by atoms with E-state index < -0.39 is 0 Å². The number of rotatable bonds is 3. The molecule has 0 radical (unpaired) electrons. The predicted molar refractivity (Wildman–Crippen MR) is 94.0 cm³/mol. The fraction of sp³-hybridized carbons (Fsp3) is 0.375. The van der Waals surface area contributed by atoms with Gasteiger partial charge in [-0.15, -0.1) is 23.7 Å². The lowest BCUT2D eigenvalue weighted by molar-refractivity contribution is 0.197. The van der Waals surface area contributed by atoms with E-state index in [4.69, 9.17) is 11.6 Å². The zero-order valence-electron chi connectivity index (χ0n) is 12.3. The molecule has 1 N–H and O–H groups in total. The Balaban J connectivity index is 0.00000176. The molecule has 22 heavy (non-hydrogen) atoms. The summed E-state index contributed by atoms with van der Waals surface area (Å²) in [5.41, 5.74) is 1.68. The minimum absolute atomic E-state index is 0. The summed E-state index contributed by atoms with van der Waals surface area (Å²) in [6.45, 7) is 5.60. The number of hydrogen-bond donors (Lipinski definition) is 1. The molecule has 1 aliphatic heterocycles. The van der Waals surface area contributed by atoms with Crippen LogP contribution in [0.3, 0.4) is 0 Å². The molecule has 1 atom stereocenters. The quantitative estimate of drug-likeness (QED) is 0.879. The summed E-state index contributed by atoms with van der Waals surface area (Å²) >= 11 is 7.62. The molecule has 1 saturated heterocycles. The van der Waals surface area contributed by atoms with Crippen molar-refractivity contribution in [1.29, 1.82) is 0 Å². The first-order chi connectivity index (χ1) is 10.1. The van der Waals surface area contributed by atoms with Gasteiger partial charge in [0.1, 0.15) is 5.82 Å². The van der Waals surface area contributed by atoms with Crippen molar-refractivity contribution in [3.05, 3.63) is 56.5 Å². The molecule has 1 aromatic carbocycles. The number of halogens is 3. The Bertz CT molecular complexity index is 626. The standard InChI is InChI=1S/C16H18ClFN2S.ClH/c1-11-2-3-12(13(18)10-11)16(14-4-5-15(17)21-14)20-8-6-19-7-9-20;/h2-5,10,16,19H,6-9H2,1H3;1H/t16-;/m1./s1. The average molecular weight is 361 g/mol. The Labute approximate surface area is 145 Å². The van der Waals surface area contributed by atoms with Crippen LogP contribution in [0, 0.1) is 12.7 Å². The van der Waals surface area contributed by atoms with E-state index >= 15 is 0 Å². The molecule has 120 valence electrons. The van der Waals surface area contributed by atoms with Crippen molar-refractivity contribution in [1.82, 2.24) is 10.2 Å². The molecule has 0 saturated carbocycles. The van der Waals surface area contributed by atoms with Crippen molar-refractivity contribution >= 4 is 35.3 Å². The van der Waals surface area contributed by atoms with Crippen LogP contribution in [0.25, 0.3) is 0 Å². The van der Waals surface area contributed by atoms with E-state index in [1.807, 2.05) is 31.2 Å². The fourth-order valence-corrected chi connectivity index (χ4v) is 4.01. The minimum atomic E-state index is -0.136. The lowest BCUT2D eigenvalue weighted by Crippen LogP contribution is -2.45. The van der Waals surface area contributed by atoms with Gasteiger partial charge in [0.15, 0.2) is 0 Å². The number of thiophene rings is 1. The number of nitrogens with one attached hydrogen (secondary N) is 1. The highest BCUT2D eigenvalue weighted by Crippen LogP contribution is 2.36. The first-order valence-electron chi connectivity index (χ1n) is 7.11. The molecule has 2 aromatic rings. The van der Waals surface area contributed by atoms with Gasteiger partial charge in [0.25, 0.3) is 0 Å². The van der Waals surface area contributed by atoms with Gasteiger partial charge in [0, 0.05) is 36.6 Å². The van der Waals surface area contributed by atoms with Crippen molar-refractivity contribution in [2.75, 3.05) is 26.2 Å². The molecule has 0 aliphatic carbocycles. The predicted octanol–water partition coefficient (Wildman–Crippen LogP) is 4.27. The molecule has 6 heteroatoms. The summed E-state index contributed by atoms with van der Waals surface area (Å²) in [5, 5.41) is 3.34. The molecular formula is C16H19Cl2FN2S. The molecule has 0 amide bonds. The van der Waals surface area contributed by atoms with Gasteiger partial charge in [0.05, 0.1) is 10.4 Å². The highest BCUT2D eigenvalue weighted by Gasteiger charge is 2.27. The number of benzene rings is 1. The van der Waals surface area contributed by atoms with Gasteiger partial charge in [0.2, 0.25) is 0 Å². The van der Waals surface area contributed by atoms with Gasteiger partial charge < -0.3 is 5.32 Å². The molecule has 0 unspecified atom stereocenters. The van der Waals surface area contributed by atoms with Gasteiger partial charge >= 0.3 is 0 Å². The van der Waals surface area contributed by atoms with Crippen LogP contribution < -0.4 is 5.32 Å². The first kappa shape index (κ1) is 17.7. The van der Waals surface area contributed by atoms with Crippen LogP contribution in [0.5, 0.6) is 0 Å². The van der Waals surface area contributed by atoms with Crippen molar-refractivity contribution in [2.24, 2.45) is 0 Å². The average Bonchev–Trinajstić information content (AvgIpc) is 2.89. The monoisotopic (exact) mass is 360 g/mol. The summed E-state index contributed by atoms with van der Waals surface area (Å²) in [6.07, 6.45) is 0. The fourth-order valence-electron chi connectivity index (χ4n) is 2.80. The Morgan fingerprint density at radius 3 is 2.55 bits per heavy atom. The molecule has 0 bridgehead atoms. The van der Waals surface area contributed by atoms with E-state index in [2.05, 4.69) is 10.2 Å². The number of nitrogens with zero attached hydrogens (tertiary/aromatic N) is 1. The maximum atomic E-state index is 14.5. The maximum absolute atomic E-state index is 14.5. The normalized spacial score (nSPS) is 17.0. The second-order valence-electron chi connectivity index (χ2n) is 5.36. The topological polar surface area (TPSA) is 15.3 Å². The summed E-state index contributed by atoms with van der Waals surface area (Å²) in [6, 6.07) is 9.35. The SMILES string of the molecule is Cc1ccc([C@H](c2ccc(Cl)s2)N2CCNCC2)c(F)c1.Cl. The summed E-state index contributed by atoms with van der Waals surface area (Å²) in [5.74, 6) is -0.136. The van der Waals surface area contributed by atoms with Gasteiger partial charge in [-0.1, -0.05) is 23.7 Å². The number of piperazine rings is 1. The van der Waals surface area contributed by atoms with Crippen LogP contribution in [-0.2, 0) is 0 Å².